The van der Waals surface area contributed by atoms with E-state index >= 15 is 0 Å². The van der Waals surface area contributed by atoms with Crippen LogP contribution in [0.4, 0.5) is 0 Å². The Morgan fingerprint density at radius 1 is 1.14 bits per heavy atom. The summed E-state index contributed by atoms with van der Waals surface area (Å²) in [4.78, 5) is 28.9. The fourth-order valence-electron chi connectivity index (χ4n) is 3.96. The molecule has 2 aliphatic rings. The molecule has 1 aromatic carbocycles. The lowest BCUT2D eigenvalue weighted by Crippen LogP contribution is -2.43. The molecule has 0 aromatic heterocycles. The summed E-state index contributed by atoms with van der Waals surface area (Å²) >= 11 is 6.26. The molecule has 0 spiro atoms. The Morgan fingerprint density at radius 3 is 2.45 bits per heavy atom. The summed E-state index contributed by atoms with van der Waals surface area (Å²) < 4.78 is 10.9. The van der Waals surface area contributed by atoms with E-state index in [0.29, 0.717) is 36.2 Å². The van der Waals surface area contributed by atoms with Crippen molar-refractivity contribution in [1.29, 1.82) is 0 Å². The van der Waals surface area contributed by atoms with Crippen LogP contribution in [0.1, 0.15) is 38.2 Å². The number of rotatable bonds is 6. The van der Waals surface area contributed by atoms with Crippen LogP contribution in [0.15, 0.2) is 18.2 Å². The smallest absolute Gasteiger partial charge is 0.246 e. The van der Waals surface area contributed by atoms with E-state index in [1.807, 2.05) is 11.8 Å². The van der Waals surface area contributed by atoms with Gasteiger partial charge in [0.15, 0.2) is 11.5 Å². The highest BCUT2D eigenvalue weighted by atomic mass is 35.5. The first-order valence-corrected chi connectivity index (χ1v) is 10.7. The highest BCUT2D eigenvalue weighted by molar-refractivity contribution is 6.32. The van der Waals surface area contributed by atoms with Crippen LogP contribution in [-0.2, 0) is 9.59 Å². The fourth-order valence-corrected chi connectivity index (χ4v) is 4.26. The molecule has 0 saturated carbocycles. The number of piperidine rings is 1. The van der Waals surface area contributed by atoms with Crippen LogP contribution in [0.2, 0.25) is 5.02 Å². The second-order valence-electron chi connectivity index (χ2n) is 7.43. The Morgan fingerprint density at radius 2 is 1.83 bits per heavy atom. The maximum absolute atomic E-state index is 12.6. The summed E-state index contributed by atoms with van der Waals surface area (Å²) in [6.45, 7) is 5.37. The Balaban J connectivity index is 1.58. The van der Waals surface area contributed by atoms with Crippen molar-refractivity contribution in [3.05, 3.63) is 28.8 Å². The number of hydrogen-bond acceptors (Lipinski definition) is 4. The summed E-state index contributed by atoms with van der Waals surface area (Å²) in [5.41, 5.74) is 0.770. The third-order valence-corrected chi connectivity index (χ3v) is 5.81. The molecular weight excluding hydrogens is 392 g/mol. The van der Waals surface area contributed by atoms with E-state index in [0.717, 1.165) is 44.3 Å². The van der Waals surface area contributed by atoms with Gasteiger partial charge in [0.1, 0.15) is 0 Å². The molecule has 2 saturated heterocycles. The maximum atomic E-state index is 12.6. The topological polar surface area (TPSA) is 59.1 Å². The zero-order valence-corrected chi connectivity index (χ0v) is 17.9. The van der Waals surface area contributed by atoms with Crippen LogP contribution in [0, 0.1) is 5.92 Å². The van der Waals surface area contributed by atoms with Gasteiger partial charge < -0.3 is 19.3 Å². The van der Waals surface area contributed by atoms with Gasteiger partial charge in [-0.25, -0.2) is 0 Å². The van der Waals surface area contributed by atoms with Gasteiger partial charge in [0.2, 0.25) is 11.8 Å². The van der Waals surface area contributed by atoms with E-state index in [4.69, 9.17) is 21.1 Å². The zero-order valence-electron chi connectivity index (χ0n) is 17.2. The summed E-state index contributed by atoms with van der Waals surface area (Å²) in [5, 5.41) is 0.437. The zero-order chi connectivity index (χ0) is 20.8. The van der Waals surface area contributed by atoms with Crippen LogP contribution in [-0.4, -0.2) is 61.5 Å². The van der Waals surface area contributed by atoms with E-state index in [9.17, 15) is 9.59 Å². The molecule has 2 fully saturated rings. The standard InChI is InChI=1S/C22H29ClN2O4/c1-3-29-19-15-16(14-18(23)21(19)28-2)6-7-20(26)24-12-8-17(9-13-24)22(27)25-10-4-5-11-25/h6-7,14-15,17H,3-5,8-13H2,1-2H3/b7-6+. The average Bonchev–Trinajstić information content (AvgIpc) is 3.26. The van der Waals surface area contributed by atoms with Crippen molar-refractivity contribution in [3.63, 3.8) is 0 Å². The number of benzene rings is 1. The lowest BCUT2D eigenvalue weighted by Gasteiger charge is -2.32. The van der Waals surface area contributed by atoms with Crippen molar-refractivity contribution < 1.29 is 19.1 Å². The third kappa shape index (κ3) is 5.24. The monoisotopic (exact) mass is 420 g/mol. The first kappa shape index (κ1) is 21.5. The van der Waals surface area contributed by atoms with Crippen LogP contribution < -0.4 is 9.47 Å². The lowest BCUT2D eigenvalue weighted by molar-refractivity contribution is -0.138. The van der Waals surface area contributed by atoms with Crippen molar-refractivity contribution in [1.82, 2.24) is 9.80 Å². The molecule has 3 rings (SSSR count). The molecule has 0 bridgehead atoms. The molecule has 0 radical (unpaired) electrons. The minimum Gasteiger partial charge on any atom is -0.491 e. The van der Waals surface area contributed by atoms with Crippen LogP contribution in [0.5, 0.6) is 11.5 Å². The fraction of sp³-hybridized carbons (Fsp3) is 0.545. The van der Waals surface area contributed by atoms with Gasteiger partial charge in [-0.3, -0.25) is 9.59 Å². The van der Waals surface area contributed by atoms with Gasteiger partial charge in [0, 0.05) is 38.2 Å². The number of ether oxygens (including phenoxy) is 2. The molecule has 0 aliphatic carbocycles. The van der Waals surface area contributed by atoms with Crippen molar-refractivity contribution >= 4 is 29.5 Å². The predicted molar refractivity (Wildman–Crippen MR) is 113 cm³/mol. The highest BCUT2D eigenvalue weighted by Crippen LogP contribution is 2.36. The Kier molecular flexibility index (Phi) is 7.42. The van der Waals surface area contributed by atoms with Gasteiger partial charge >= 0.3 is 0 Å². The molecule has 0 atom stereocenters. The number of halogens is 1. The van der Waals surface area contributed by atoms with E-state index in [1.165, 1.54) is 0 Å². The third-order valence-electron chi connectivity index (χ3n) is 5.53. The molecular formula is C22H29ClN2O4. The van der Waals surface area contributed by atoms with Gasteiger partial charge in [0.25, 0.3) is 0 Å². The number of methoxy groups -OCH3 is 1. The predicted octanol–water partition coefficient (Wildman–Crippen LogP) is 3.62. The molecule has 2 aliphatic heterocycles. The van der Waals surface area contributed by atoms with Crippen molar-refractivity contribution in [2.24, 2.45) is 5.92 Å². The number of likely N-dealkylation sites (tertiary alicyclic amines) is 2. The molecule has 29 heavy (non-hydrogen) atoms. The van der Waals surface area contributed by atoms with Gasteiger partial charge in [-0.1, -0.05) is 11.6 Å². The van der Waals surface area contributed by atoms with Crippen molar-refractivity contribution in [2.45, 2.75) is 32.6 Å². The lowest BCUT2D eigenvalue weighted by atomic mass is 9.95. The molecule has 0 N–H and O–H groups in total. The Labute approximate surface area is 177 Å². The van der Waals surface area contributed by atoms with Crippen LogP contribution in [0.3, 0.4) is 0 Å². The van der Waals surface area contributed by atoms with Crippen molar-refractivity contribution in [3.8, 4) is 11.5 Å². The number of hydrogen-bond donors (Lipinski definition) is 0. The number of nitrogens with zero attached hydrogens (tertiary/aromatic N) is 2. The van der Waals surface area contributed by atoms with Crippen molar-refractivity contribution in [2.75, 3.05) is 39.9 Å². The first-order valence-electron chi connectivity index (χ1n) is 10.3. The Hall–Kier alpha value is -2.21. The first-order chi connectivity index (χ1) is 14.0. The minimum absolute atomic E-state index is 0.0512. The largest absolute Gasteiger partial charge is 0.491 e. The average molecular weight is 421 g/mol. The second-order valence-corrected chi connectivity index (χ2v) is 7.84. The molecule has 2 heterocycles. The molecule has 1 aromatic rings. The van der Waals surface area contributed by atoms with E-state index < -0.39 is 0 Å². The summed E-state index contributed by atoms with van der Waals surface area (Å²) in [6, 6.07) is 3.55. The van der Waals surface area contributed by atoms with Crippen LogP contribution >= 0.6 is 11.6 Å². The van der Waals surface area contributed by atoms with E-state index in [1.54, 1.807) is 36.3 Å². The number of carbonyl (C=O) groups excluding carboxylic acids is 2. The molecule has 158 valence electrons. The van der Waals surface area contributed by atoms with Gasteiger partial charge in [-0.05, 0) is 56.4 Å². The SMILES string of the molecule is CCOc1cc(/C=C/C(=O)N2CCC(C(=O)N3CCCC3)CC2)cc(Cl)c1OC. The van der Waals surface area contributed by atoms with Gasteiger partial charge in [-0.2, -0.15) is 0 Å². The molecule has 6 nitrogen and oxygen atoms in total. The quantitative estimate of drug-likeness (QED) is 0.659. The maximum Gasteiger partial charge on any atom is 0.246 e. The highest BCUT2D eigenvalue weighted by Gasteiger charge is 2.30. The van der Waals surface area contributed by atoms with E-state index in [2.05, 4.69) is 0 Å². The van der Waals surface area contributed by atoms with Crippen LogP contribution in [0.25, 0.3) is 6.08 Å². The summed E-state index contributed by atoms with van der Waals surface area (Å²) in [7, 11) is 1.54. The Bertz CT molecular complexity index is 766. The molecule has 7 heteroatoms. The second kappa shape index (κ2) is 10.0. The number of amides is 2. The van der Waals surface area contributed by atoms with Gasteiger partial charge in [0.05, 0.1) is 18.7 Å². The molecule has 0 unspecified atom stereocenters. The van der Waals surface area contributed by atoms with Gasteiger partial charge in [-0.15, -0.1) is 0 Å². The normalized spacial score (nSPS) is 17.8. The summed E-state index contributed by atoms with van der Waals surface area (Å²) in [5.74, 6) is 1.30. The number of carbonyl (C=O) groups is 2. The van der Waals surface area contributed by atoms with E-state index in [-0.39, 0.29) is 17.7 Å². The summed E-state index contributed by atoms with van der Waals surface area (Å²) in [6.07, 6.45) is 6.96. The molecule has 2 amide bonds. The minimum atomic E-state index is -0.0537.